The fourth-order valence-electron chi connectivity index (χ4n) is 1.96. The second-order valence-electron chi connectivity index (χ2n) is 5.09. The molecule has 1 saturated carbocycles. The zero-order valence-corrected chi connectivity index (χ0v) is 12.8. The average Bonchev–Trinajstić information content (AvgIpc) is 3.19. The number of hydrogen-bond donors (Lipinski definition) is 1. The van der Waals surface area contributed by atoms with E-state index in [2.05, 4.69) is 5.32 Å². The van der Waals surface area contributed by atoms with Gasteiger partial charge in [0.1, 0.15) is 17.3 Å². The zero-order valence-electron chi connectivity index (χ0n) is 11.3. The van der Waals surface area contributed by atoms with Crippen LogP contribution in [0.5, 0.6) is 0 Å². The van der Waals surface area contributed by atoms with E-state index >= 15 is 0 Å². The minimum absolute atomic E-state index is 0.0189. The normalized spacial score (nSPS) is 16.1. The molecule has 2 aromatic rings. The van der Waals surface area contributed by atoms with Crippen LogP contribution >= 0.6 is 11.6 Å². The summed E-state index contributed by atoms with van der Waals surface area (Å²) in [4.78, 5) is 0.496. The molecule has 3 nitrogen and oxygen atoms in total. The van der Waals surface area contributed by atoms with Crippen molar-refractivity contribution >= 4 is 22.4 Å². The van der Waals surface area contributed by atoms with Gasteiger partial charge in [-0.25, -0.2) is 4.39 Å². The Bertz CT molecular complexity index is 669. The molecule has 3 rings (SSSR count). The van der Waals surface area contributed by atoms with Crippen LogP contribution < -0.4 is 5.32 Å². The fraction of sp³-hybridized carbons (Fsp3) is 0.333. The number of benzene rings is 1. The molecule has 0 amide bonds. The van der Waals surface area contributed by atoms with Crippen molar-refractivity contribution in [2.24, 2.45) is 0 Å². The SMILES string of the molecule is O=S(Cc1ccc(CNC2CC2)o1)c1ccc(F)c(Cl)c1. The zero-order chi connectivity index (χ0) is 14.8. The first-order valence-corrected chi connectivity index (χ1v) is 8.46. The smallest absolute Gasteiger partial charge is 0.141 e. The summed E-state index contributed by atoms with van der Waals surface area (Å²) in [7, 11) is -1.31. The third-order valence-corrected chi connectivity index (χ3v) is 4.90. The molecule has 1 aliphatic carbocycles. The van der Waals surface area contributed by atoms with E-state index in [4.69, 9.17) is 16.0 Å². The molecule has 0 aliphatic heterocycles. The van der Waals surface area contributed by atoms with E-state index in [-0.39, 0.29) is 10.8 Å². The molecule has 1 aliphatic rings. The molecule has 112 valence electrons. The van der Waals surface area contributed by atoms with E-state index in [0.29, 0.717) is 23.2 Å². The van der Waals surface area contributed by atoms with Crippen molar-refractivity contribution in [3.05, 3.63) is 52.7 Å². The summed E-state index contributed by atoms with van der Waals surface area (Å²) in [5.41, 5.74) is 0. The number of rotatable bonds is 6. The Morgan fingerprint density at radius 2 is 2.05 bits per heavy atom. The van der Waals surface area contributed by atoms with Crippen molar-refractivity contribution in [2.45, 2.75) is 36.1 Å². The Labute approximate surface area is 129 Å². The molecule has 1 fully saturated rings. The monoisotopic (exact) mass is 327 g/mol. The largest absolute Gasteiger partial charge is 0.464 e. The molecule has 1 heterocycles. The summed E-state index contributed by atoms with van der Waals surface area (Å²) < 4.78 is 31.0. The number of halogens is 2. The highest BCUT2D eigenvalue weighted by atomic mass is 35.5. The molecule has 1 atom stereocenters. The molecule has 6 heteroatoms. The Kier molecular flexibility index (Phi) is 4.42. The predicted octanol–water partition coefficient (Wildman–Crippen LogP) is 3.63. The standard InChI is InChI=1S/C15H15ClFNO2S/c16-14-7-13(5-6-15(14)17)21(19)9-12-4-3-11(20-12)8-18-10-1-2-10/h3-7,10,18H,1-2,8-9H2. The first-order chi connectivity index (χ1) is 10.1. The molecule has 0 bridgehead atoms. The summed E-state index contributed by atoms with van der Waals surface area (Å²) in [6.07, 6.45) is 2.45. The minimum atomic E-state index is -1.31. The molecule has 21 heavy (non-hydrogen) atoms. The van der Waals surface area contributed by atoms with Gasteiger partial charge in [-0.05, 0) is 43.2 Å². The molecule has 1 unspecified atom stereocenters. The van der Waals surface area contributed by atoms with Gasteiger partial charge in [0.15, 0.2) is 0 Å². The van der Waals surface area contributed by atoms with E-state index in [0.717, 1.165) is 5.76 Å². The first kappa shape index (κ1) is 14.8. The van der Waals surface area contributed by atoms with Gasteiger partial charge in [-0.1, -0.05) is 11.6 Å². The van der Waals surface area contributed by atoms with Gasteiger partial charge >= 0.3 is 0 Å². The van der Waals surface area contributed by atoms with Crippen molar-refractivity contribution in [2.75, 3.05) is 0 Å². The van der Waals surface area contributed by atoms with Gasteiger partial charge < -0.3 is 9.73 Å². The number of hydrogen-bond acceptors (Lipinski definition) is 3. The van der Waals surface area contributed by atoms with Gasteiger partial charge in [-0.2, -0.15) is 0 Å². The Hall–Kier alpha value is -1.17. The first-order valence-electron chi connectivity index (χ1n) is 6.76. The van der Waals surface area contributed by atoms with E-state index in [1.54, 1.807) is 0 Å². The maximum atomic E-state index is 13.1. The van der Waals surface area contributed by atoms with Crippen molar-refractivity contribution in [1.82, 2.24) is 5.32 Å². The Morgan fingerprint density at radius 3 is 2.76 bits per heavy atom. The van der Waals surface area contributed by atoms with Crippen molar-refractivity contribution < 1.29 is 13.0 Å². The summed E-state index contributed by atoms with van der Waals surface area (Å²) in [5.74, 6) is 1.24. The van der Waals surface area contributed by atoms with Gasteiger partial charge in [0.2, 0.25) is 0 Å². The summed E-state index contributed by atoms with van der Waals surface area (Å²) in [6, 6.07) is 8.44. The number of nitrogens with one attached hydrogen (secondary N) is 1. The van der Waals surface area contributed by atoms with Crippen molar-refractivity contribution in [3.63, 3.8) is 0 Å². The quantitative estimate of drug-likeness (QED) is 0.881. The van der Waals surface area contributed by atoms with Gasteiger partial charge in [-0.3, -0.25) is 4.21 Å². The highest BCUT2D eigenvalue weighted by Crippen LogP contribution is 2.22. The van der Waals surface area contributed by atoms with Crippen LogP contribution in [-0.4, -0.2) is 10.3 Å². The number of furan rings is 1. The van der Waals surface area contributed by atoms with Crippen LogP contribution in [0, 0.1) is 5.82 Å². The highest BCUT2D eigenvalue weighted by molar-refractivity contribution is 7.84. The Morgan fingerprint density at radius 1 is 1.29 bits per heavy atom. The van der Waals surface area contributed by atoms with E-state index in [1.807, 2.05) is 12.1 Å². The van der Waals surface area contributed by atoms with Gasteiger partial charge in [0, 0.05) is 10.9 Å². The third kappa shape index (κ3) is 3.93. The lowest BCUT2D eigenvalue weighted by atomic mass is 10.3. The maximum Gasteiger partial charge on any atom is 0.141 e. The maximum absolute atomic E-state index is 13.1. The third-order valence-electron chi connectivity index (χ3n) is 3.29. The van der Waals surface area contributed by atoms with Crippen LogP contribution in [-0.2, 0) is 23.1 Å². The molecule has 1 aromatic carbocycles. The van der Waals surface area contributed by atoms with E-state index in [9.17, 15) is 8.60 Å². The second-order valence-corrected chi connectivity index (χ2v) is 6.95. The lowest BCUT2D eigenvalue weighted by Gasteiger charge is -2.02. The fourth-order valence-corrected chi connectivity index (χ4v) is 3.25. The van der Waals surface area contributed by atoms with Gasteiger partial charge in [0.05, 0.1) is 28.1 Å². The van der Waals surface area contributed by atoms with E-state index < -0.39 is 16.6 Å². The molecule has 0 radical (unpaired) electrons. The summed E-state index contributed by atoms with van der Waals surface area (Å²) in [5, 5.41) is 3.34. The molecule has 1 N–H and O–H groups in total. The minimum Gasteiger partial charge on any atom is -0.464 e. The Balaban J connectivity index is 1.62. The molecule has 1 aromatic heterocycles. The van der Waals surface area contributed by atoms with Crippen molar-refractivity contribution in [3.8, 4) is 0 Å². The summed E-state index contributed by atoms with van der Waals surface area (Å²) in [6.45, 7) is 0.694. The van der Waals surface area contributed by atoms with Crippen LogP contribution in [0.2, 0.25) is 5.02 Å². The second kappa shape index (κ2) is 6.30. The lowest BCUT2D eigenvalue weighted by molar-refractivity contribution is 0.457. The predicted molar refractivity (Wildman–Crippen MR) is 80.1 cm³/mol. The van der Waals surface area contributed by atoms with Crippen LogP contribution in [0.25, 0.3) is 0 Å². The highest BCUT2D eigenvalue weighted by Gasteiger charge is 2.20. The van der Waals surface area contributed by atoms with Gasteiger partial charge in [0.25, 0.3) is 0 Å². The summed E-state index contributed by atoms with van der Waals surface area (Å²) >= 11 is 5.70. The van der Waals surface area contributed by atoms with Crippen LogP contribution in [0.1, 0.15) is 24.4 Å². The molecular weight excluding hydrogens is 313 g/mol. The molecule has 0 spiro atoms. The average molecular weight is 328 g/mol. The molecule has 0 saturated heterocycles. The molecular formula is C15H15ClFNO2S. The van der Waals surface area contributed by atoms with Crippen LogP contribution in [0.15, 0.2) is 39.6 Å². The van der Waals surface area contributed by atoms with Crippen LogP contribution in [0.4, 0.5) is 4.39 Å². The van der Waals surface area contributed by atoms with Crippen molar-refractivity contribution in [1.29, 1.82) is 0 Å². The topological polar surface area (TPSA) is 42.2 Å². The lowest BCUT2D eigenvalue weighted by Crippen LogP contribution is -2.14. The van der Waals surface area contributed by atoms with Gasteiger partial charge in [-0.15, -0.1) is 0 Å². The van der Waals surface area contributed by atoms with Crippen LogP contribution in [0.3, 0.4) is 0 Å². The van der Waals surface area contributed by atoms with E-state index in [1.165, 1.54) is 31.0 Å².